The normalized spacial score (nSPS) is 26.7. The summed E-state index contributed by atoms with van der Waals surface area (Å²) in [4.78, 5) is 4.82. The van der Waals surface area contributed by atoms with Gasteiger partial charge in [-0.15, -0.1) is 0 Å². The zero-order valence-corrected chi connectivity index (χ0v) is 19.8. The van der Waals surface area contributed by atoms with Crippen molar-refractivity contribution in [1.82, 2.24) is 10.3 Å². The van der Waals surface area contributed by atoms with E-state index < -0.39 is 0 Å². The molecule has 1 atom stereocenters. The smallest absolute Gasteiger partial charge is 0.183 e. The second-order valence-electron chi connectivity index (χ2n) is 10.1. The molecule has 1 aliphatic heterocycles. The molecule has 2 saturated carbocycles. The van der Waals surface area contributed by atoms with Crippen LogP contribution in [0.2, 0.25) is 0 Å². The van der Waals surface area contributed by atoms with Gasteiger partial charge in [-0.05, 0) is 75.1 Å². The van der Waals surface area contributed by atoms with Crippen molar-refractivity contribution in [3.05, 3.63) is 53.7 Å². The average molecular weight is 440 g/mol. The molecule has 2 aliphatic carbocycles. The van der Waals surface area contributed by atoms with Gasteiger partial charge in [0.2, 0.25) is 0 Å². The lowest BCUT2D eigenvalue weighted by atomic mass is 9.68. The zero-order valence-electron chi connectivity index (χ0n) is 19.8. The Kier molecular flexibility index (Phi) is 7.90. The largest absolute Gasteiger partial charge is 0.483 e. The molecule has 1 saturated heterocycles. The monoisotopic (exact) mass is 439 g/mol. The molecule has 1 aromatic rings. The van der Waals surface area contributed by atoms with E-state index in [4.69, 9.17) is 20.2 Å². The molecule has 4 rings (SSSR count). The minimum Gasteiger partial charge on any atom is -0.483 e. The van der Waals surface area contributed by atoms with Crippen LogP contribution in [-0.4, -0.2) is 37.4 Å². The number of hydrogen-bond acceptors (Lipinski definition) is 5. The quantitative estimate of drug-likeness (QED) is 0.322. The topological polar surface area (TPSA) is 69.4 Å². The highest BCUT2D eigenvalue weighted by molar-refractivity contribution is 5.24. The third-order valence-corrected chi connectivity index (χ3v) is 7.89. The highest BCUT2D eigenvalue weighted by Crippen LogP contribution is 2.49. The lowest BCUT2D eigenvalue weighted by Gasteiger charge is -2.46. The van der Waals surface area contributed by atoms with Crippen molar-refractivity contribution in [1.29, 1.82) is 0 Å². The van der Waals surface area contributed by atoms with Crippen LogP contribution in [0.4, 0.5) is 0 Å². The fourth-order valence-corrected chi connectivity index (χ4v) is 6.18. The number of hydrogen-bond donors (Lipinski definition) is 2. The third-order valence-electron chi connectivity index (χ3n) is 7.89. The summed E-state index contributed by atoms with van der Waals surface area (Å²) in [6.45, 7) is 2.62. The van der Waals surface area contributed by atoms with Crippen molar-refractivity contribution in [2.24, 2.45) is 11.7 Å². The van der Waals surface area contributed by atoms with Crippen LogP contribution < -0.4 is 11.1 Å². The third kappa shape index (κ3) is 5.74. The lowest BCUT2D eigenvalue weighted by Crippen LogP contribution is -2.47. The Hall–Kier alpha value is -1.85. The summed E-state index contributed by atoms with van der Waals surface area (Å²) in [5, 5.41) is 3.72. The van der Waals surface area contributed by atoms with Crippen molar-refractivity contribution in [2.45, 2.75) is 81.6 Å². The SMILES string of the molecule is CO/C(N)=C/C(=C\C1CCCC1)CNCC[C@@]1(c2ccccn2)CCOC2(CCCC2)C1. The zero-order chi connectivity index (χ0) is 22.3. The number of aromatic nitrogens is 1. The molecule has 0 radical (unpaired) electrons. The first kappa shape index (κ1) is 23.3. The van der Waals surface area contributed by atoms with Gasteiger partial charge < -0.3 is 20.5 Å². The first-order valence-electron chi connectivity index (χ1n) is 12.6. The van der Waals surface area contributed by atoms with E-state index in [0.29, 0.717) is 11.8 Å². The maximum Gasteiger partial charge on any atom is 0.183 e. The van der Waals surface area contributed by atoms with Crippen LogP contribution in [-0.2, 0) is 14.9 Å². The lowest BCUT2D eigenvalue weighted by molar-refractivity contribution is -0.104. The summed E-state index contributed by atoms with van der Waals surface area (Å²) in [5.41, 5.74) is 8.62. The minimum absolute atomic E-state index is 0.0684. The van der Waals surface area contributed by atoms with E-state index in [2.05, 4.69) is 23.5 Å². The van der Waals surface area contributed by atoms with Crippen LogP contribution in [0.1, 0.15) is 76.3 Å². The molecule has 3 fully saturated rings. The van der Waals surface area contributed by atoms with E-state index in [0.717, 1.165) is 39.0 Å². The van der Waals surface area contributed by atoms with Crippen molar-refractivity contribution < 1.29 is 9.47 Å². The van der Waals surface area contributed by atoms with Crippen molar-refractivity contribution >= 4 is 0 Å². The molecular formula is C27H41N3O2. The molecule has 32 heavy (non-hydrogen) atoms. The maximum atomic E-state index is 6.39. The van der Waals surface area contributed by atoms with Crippen molar-refractivity contribution in [3.63, 3.8) is 0 Å². The molecule has 0 aromatic carbocycles. The maximum absolute atomic E-state index is 6.39. The van der Waals surface area contributed by atoms with Gasteiger partial charge in [0.05, 0.1) is 12.7 Å². The number of nitrogens with zero attached hydrogens (tertiary/aromatic N) is 1. The first-order valence-corrected chi connectivity index (χ1v) is 12.6. The second kappa shape index (κ2) is 10.8. The Morgan fingerprint density at radius 2 is 2.03 bits per heavy atom. The van der Waals surface area contributed by atoms with Gasteiger partial charge in [0.15, 0.2) is 5.88 Å². The molecule has 1 aromatic heterocycles. The Morgan fingerprint density at radius 3 is 2.75 bits per heavy atom. The summed E-state index contributed by atoms with van der Waals surface area (Å²) in [5.74, 6) is 1.15. The fraction of sp³-hybridized carbons (Fsp3) is 0.667. The number of rotatable bonds is 9. The Bertz CT molecular complexity index is 779. The van der Waals surface area contributed by atoms with E-state index in [1.807, 2.05) is 18.3 Å². The molecular weight excluding hydrogens is 398 g/mol. The van der Waals surface area contributed by atoms with Crippen LogP contribution >= 0.6 is 0 Å². The molecule has 3 aliphatic rings. The second-order valence-corrected chi connectivity index (χ2v) is 10.1. The van der Waals surface area contributed by atoms with Crippen LogP contribution in [0, 0.1) is 5.92 Å². The van der Waals surface area contributed by atoms with Gasteiger partial charge in [-0.2, -0.15) is 0 Å². The molecule has 0 bridgehead atoms. The van der Waals surface area contributed by atoms with Gasteiger partial charge >= 0.3 is 0 Å². The molecule has 3 N–H and O–H groups in total. The van der Waals surface area contributed by atoms with Gasteiger partial charge in [-0.25, -0.2) is 0 Å². The minimum atomic E-state index is 0.0684. The van der Waals surface area contributed by atoms with Crippen LogP contribution in [0.5, 0.6) is 0 Å². The molecule has 176 valence electrons. The Labute approximate surface area is 193 Å². The van der Waals surface area contributed by atoms with Crippen LogP contribution in [0.3, 0.4) is 0 Å². The number of allylic oxidation sites excluding steroid dienone is 1. The van der Waals surface area contributed by atoms with Gasteiger partial charge in [0, 0.05) is 36.5 Å². The molecule has 1 spiro atoms. The molecule has 0 amide bonds. The summed E-state index contributed by atoms with van der Waals surface area (Å²) >= 11 is 0. The van der Waals surface area contributed by atoms with E-state index >= 15 is 0 Å². The number of pyridine rings is 1. The molecule has 2 heterocycles. The number of ether oxygens (including phenoxy) is 2. The number of methoxy groups -OCH3 is 1. The van der Waals surface area contributed by atoms with Crippen molar-refractivity contribution in [2.75, 3.05) is 26.8 Å². The van der Waals surface area contributed by atoms with Gasteiger partial charge in [-0.1, -0.05) is 37.8 Å². The van der Waals surface area contributed by atoms with Crippen LogP contribution in [0.15, 0.2) is 48.0 Å². The summed E-state index contributed by atoms with van der Waals surface area (Å²) < 4.78 is 11.6. The van der Waals surface area contributed by atoms with E-state index in [-0.39, 0.29) is 11.0 Å². The molecule has 5 nitrogen and oxygen atoms in total. The summed E-state index contributed by atoms with van der Waals surface area (Å²) in [6.07, 6.45) is 19.8. The summed E-state index contributed by atoms with van der Waals surface area (Å²) in [7, 11) is 1.63. The molecule has 5 heteroatoms. The van der Waals surface area contributed by atoms with Crippen molar-refractivity contribution in [3.8, 4) is 0 Å². The predicted molar refractivity (Wildman–Crippen MR) is 129 cm³/mol. The van der Waals surface area contributed by atoms with Crippen LogP contribution in [0.25, 0.3) is 0 Å². The highest BCUT2D eigenvalue weighted by atomic mass is 16.5. The standard InChI is InChI=1S/C27H41N3O2/c1-31-25(28)19-23(18-22-8-2-3-9-22)20-29-16-13-26(24-10-4-7-15-30-24)14-17-32-27(21-26)11-5-6-12-27/h4,7,10,15,18-19,22,29H,2-3,5-6,8-9,11-14,16-17,20-21,28H2,1H3/b23-18+,25-19+/t26-/m1/s1. The van der Waals surface area contributed by atoms with E-state index in [1.54, 1.807) is 7.11 Å². The Morgan fingerprint density at radius 1 is 1.22 bits per heavy atom. The van der Waals surface area contributed by atoms with E-state index in [9.17, 15) is 0 Å². The van der Waals surface area contributed by atoms with Gasteiger partial charge in [0.25, 0.3) is 0 Å². The average Bonchev–Trinajstić information content (AvgIpc) is 3.49. The fourth-order valence-electron chi connectivity index (χ4n) is 6.18. The first-order chi connectivity index (χ1) is 15.6. The van der Waals surface area contributed by atoms with E-state index in [1.165, 1.54) is 62.6 Å². The van der Waals surface area contributed by atoms with Gasteiger partial charge in [-0.3, -0.25) is 4.98 Å². The molecule has 0 unspecified atom stereocenters. The predicted octanol–water partition coefficient (Wildman–Crippen LogP) is 4.99. The van der Waals surface area contributed by atoms with Gasteiger partial charge in [0.1, 0.15) is 0 Å². The Balaban J connectivity index is 1.43. The number of nitrogens with two attached hydrogens (primary N) is 1. The number of nitrogens with one attached hydrogen (secondary N) is 1. The summed E-state index contributed by atoms with van der Waals surface area (Å²) in [6, 6.07) is 6.38. The highest BCUT2D eigenvalue weighted by Gasteiger charge is 2.48.